The van der Waals surface area contributed by atoms with E-state index in [-0.39, 0.29) is 18.2 Å². The van der Waals surface area contributed by atoms with Crippen LogP contribution >= 0.6 is 0 Å². The number of benzene rings is 1. The van der Waals surface area contributed by atoms with Crippen molar-refractivity contribution in [2.75, 3.05) is 18.6 Å². The molecule has 1 atom stereocenters. The Kier molecular flexibility index (Phi) is 6.22. The molecule has 0 saturated heterocycles. The Labute approximate surface area is 123 Å². The van der Waals surface area contributed by atoms with E-state index in [0.29, 0.717) is 12.1 Å². The highest BCUT2D eigenvalue weighted by Crippen LogP contribution is 2.29. The zero-order chi connectivity index (χ0) is 16.1. The molecule has 0 saturated carbocycles. The van der Waals surface area contributed by atoms with Crippen molar-refractivity contribution in [1.82, 2.24) is 5.32 Å². The van der Waals surface area contributed by atoms with Gasteiger partial charge in [-0.2, -0.15) is 13.2 Å². The van der Waals surface area contributed by atoms with Crippen molar-refractivity contribution >= 4 is 9.84 Å². The molecule has 1 aromatic rings. The molecule has 1 rings (SSSR count). The zero-order valence-electron chi connectivity index (χ0n) is 12.1. The van der Waals surface area contributed by atoms with E-state index in [4.69, 9.17) is 0 Å². The number of hydrogen-bond acceptors (Lipinski definition) is 3. The summed E-state index contributed by atoms with van der Waals surface area (Å²) in [4.78, 5) is 0. The number of nitrogens with one attached hydrogen (secondary N) is 1. The van der Waals surface area contributed by atoms with Crippen LogP contribution in [-0.4, -0.2) is 33.0 Å². The smallest absolute Gasteiger partial charge is 0.313 e. The highest BCUT2D eigenvalue weighted by Gasteiger charge is 2.30. The summed E-state index contributed by atoms with van der Waals surface area (Å²) in [5.41, 5.74) is -0.240. The first-order valence-electron chi connectivity index (χ1n) is 6.69. The molecule has 7 heteroatoms. The molecule has 0 heterocycles. The van der Waals surface area contributed by atoms with E-state index in [9.17, 15) is 21.6 Å². The second-order valence-corrected chi connectivity index (χ2v) is 7.33. The SMILES string of the molecule is CCCNC(Cc1cccc(C(F)(F)F)c1)CS(C)(=O)=O. The summed E-state index contributed by atoms with van der Waals surface area (Å²) < 4.78 is 60.8. The number of hydrogen-bond donors (Lipinski definition) is 1. The van der Waals surface area contributed by atoms with Gasteiger partial charge >= 0.3 is 6.18 Å². The Morgan fingerprint density at radius 3 is 2.48 bits per heavy atom. The van der Waals surface area contributed by atoms with Crippen LogP contribution < -0.4 is 5.32 Å². The lowest BCUT2D eigenvalue weighted by Crippen LogP contribution is -2.37. The normalized spacial score (nSPS) is 14.1. The minimum absolute atomic E-state index is 0.0940. The first-order chi connectivity index (χ1) is 9.62. The second kappa shape index (κ2) is 7.26. The monoisotopic (exact) mass is 323 g/mol. The minimum atomic E-state index is -4.39. The first-order valence-corrected chi connectivity index (χ1v) is 8.75. The molecule has 0 amide bonds. The van der Waals surface area contributed by atoms with Crippen molar-refractivity contribution in [2.45, 2.75) is 32.0 Å². The molecule has 0 aliphatic rings. The fourth-order valence-electron chi connectivity index (χ4n) is 2.06. The van der Waals surface area contributed by atoms with Crippen molar-refractivity contribution in [3.8, 4) is 0 Å². The molecular formula is C14H20F3NO2S. The lowest BCUT2D eigenvalue weighted by molar-refractivity contribution is -0.137. The molecule has 0 bridgehead atoms. The van der Waals surface area contributed by atoms with Crippen molar-refractivity contribution < 1.29 is 21.6 Å². The number of rotatable bonds is 7. The third kappa shape index (κ3) is 6.95. The summed E-state index contributed by atoms with van der Waals surface area (Å²) in [5, 5.41) is 3.07. The predicted molar refractivity (Wildman–Crippen MR) is 76.9 cm³/mol. The molecule has 1 aromatic carbocycles. The topological polar surface area (TPSA) is 46.2 Å². The van der Waals surface area contributed by atoms with Gasteiger partial charge in [-0.05, 0) is 31.0 Å². The van der Waals surface area contributed by atoms with Gasteiger partial charge in [0.05, 0.1) is 11.3 Å². The van der Waals surface area contributed by atoms with Crippen LogP contribution in [0.3, 0.4) is 0 Å². The number of sulfone groups is 1. The van der Waals surface area contributed by atoms with Gasteiger partial charge in [-0.1, -0.05) is 25.1 Å². The molecule has 120 valence electrons. The van der Waals surface area contributed by atoms with E-state index in [1.54, 1.807) is 6.07 Å². The lowest BCUT2D eigenvalue weighted by Gasteiger charge is -2.18. The van der Waals surface area contributed by atoms with Crippen LogP contribution in [0.15, 0.2) is 24.3 Å². The molecule has 21 heavy (non-hydrogen) atoms. The summed E-state index contributed by atoms with van der Waals surface area (Å²) in [7, 11) is -3.20. The van der Waals surface area contributed by atoms with Crippen LogP contribution in [0.5, 0.6) is 0 Å². The van der Waals surface area contributed by atoms with Crippen LogP contribution in [0.2, 0.25) is 0 Å². The third-order valence-corrected chi connectivity index (χ3v) is 3.93. The molecule has 0 aliphatic heterocycles. The largest absolute Gasteiger partial charge is 0.416 e. The number of halogens is 3. The molecule has 1 unspecified atom stereocenters. The average molecular weight is 323 g/mol. The van der Waals surface area contributed by atoms with Gasteiger partial charge in [-0.25, -0.2) is 8.42 Å². The third-order valence-electron chi connectivity index (χ3n) is 2.92. The van der Waals surface area contributed by atoms with Crippen LogP contribution in [0.1, 0.15) is 24.5 Å². The summed E-state index contributed by atoms with van der Waals surface area (Å²) in [6.07, 6.45) is -2.20. The maximum atomic E-state index is 12.7. The minimum Gasteiger partial charge on any atom is -0.313 e. The van der Waals surface area contributed by atoms with Gasteiger partial charge < -0.3 is 5.32 Å². The van der Waals surface area contributed by atoms with Gasteiger partial charge in [0.25, 0.3) is 0 Å². The Morgan fingerprint density at radius 2 is 1.95 bits per heavy atom. The van der Waals surface area contributed by atoms with Gasteiger partial charge in [0.1, 0.15) is 9.84 Å². The van der Waals surface area contributed by atoms with E-state index in [1.807, 2.05) is 6.92 Å². The summed E-state index contributed by atoms with van der Waals surface area (Å²) in [6, 6.07) is 4.62. The van der Waals surface area contributed by atoms with Crippen molar-refractivity contribution in [2.24, 2.45) is 0 Å². The van der Waals surface area contributed by atoms with Gasteiger partial charge in [-0.15, -0.1) is 0 Å². The van der Waals surface area contributed by atoms with E-state index in [1.165, 1.54) is 6.07 Å². The van der Waals surface area contributed by atoms with Gasteiger partial charge in [0, 0.05) is 12.3 Å². The molecular weight excluding hydrogens is 303 g/mol. The van der Waals surface area contributed by atoms with Crippen molar-refractivity contribution in [3.05, 3.63) is 35.4 Å². The van der Waals surface area contributed by atoms with Crippen LogP contribution in [-0.2, 0) is 22.4 Å². The van der Waals surface area contributed by atoms with Gasteiger partial charge in [-0.3, -0.25) is 0 Å². The Morgan fingerprint density at radius 1 is 1.29 bits per heavy atom. The Bertz CT molecular complexity index is 556. The zero-order valence-corrected chi connectivity index (χ0v) is 12.9. The molecule has 1 N–H and O–H groups in total. The predicted octanol–water partition coefficient (Wildman–Crippen LogP) is 2.66. The molecule has 0 radical (unpaired) electrons. The standard InChI is InChI=1S/C14H20F3NO2S/c1-3-7-18-13(10-21(2,19)20)9-11-5-4-6-12(8-11)14(15,16)17/h4-6,8,13,18H,3,7,9-10H2,1-2H3. The highest BCUT2D eigenvalue weighted by atomic mass is 32.2. The van der Waals surface area contributed by atoms with Gasteiger partial charge in [0.15, 0.2) is 0 Å². The fraction of sp³-hybridized carbons (Fsp3) is 0.571. The summed E-state index contributed by atoms with van der Waals surface area (Å²) in [6.45, 7) is 2.56. The van der Waals surface area contributed by atoms with Crippen molar-refractivity contribution in [3.63, 3.8) is 0 Å². The van der Waals surface area contributed by atoms with E-state index < -0.39 is 21.6 Å². The number of alkyl halides is 3. The van der Waals surface area contributed by atoms with Crippen LogP contribution in [0, 0.1) is 0 Å². The summed E-state index contributed by atoms with van der Waals surface area (Å²) >= 11 is 0. The van der Waals surface area contributed by atoms with E-state index in [0.717, 1.165) is 24.8 Å². The molecule has 0 fully saturated rings. The fourth-order valence-corrected chi connectivity index (χ4v) is 3.03. The van der Waals surface area contributed by atoms with E-state index in [2.05, 4.69) is 5.32 Å². The average Bonchev–Trinajstić information content (AvgIpc) is 2.33. The van der Waals surface area contributed by atoms with Gasteiger partial charge in [0.2, 0.25) is 0 Å². The van der Waals surface area contributed by atoms with E-state index >= 15 is 0 Å². The Hall–Kier alpha value is -1.08. The van der Waals surface area contributed by atoms with Crippen LogP contribution in [0.4, 0.5) is 13.2 Å². The first kappa shape index (κ1) is 18.0. The lowest BCUT2D eigenvalue weighted by atomic mass is 10.0. The Balaban J connectivity index is 2.87. The van der Waals surface area contributed by atoms with Crippen LogP contribution in [0.25, 0.3) is 0 Å². The quantitative estimate of drug-likeness (QED) is 0.839. The molecule has 0 aliphatic carbocycles. The summed E-state index contributed by atoms with van der Waals surface area (Å²) in [5.74, 6) is -0.0940. The van der Waals surface area contributed by atoms with Crippen molar-refractivity contribution in [1.29, 1.82) is 0 Å². The molecule has 0 aromatic heterocycles. The maximum absolute atomic E-state index is 12.7. The molecule has 0 spiro atoms. The second-order valence-electron chi connectivity index (χ2n) is 5.15. The maximum Gasteiger partial charge on any atom is 0.416 e. The highest BCUT2D eigenvalue weighted by molar-refractivity contribution is 7.90. The molecule has 3 nitrogen and oxygen atoms in total.